The molecule has 1 aromatic carbocycles. The Balaban J connectivity index is 1.96. The SMILES string of the molecule is CC(=O)OCCNc1cccc2c1CCN(CC(F)(F)F)C2. The minimum atomic E-state index is -4.17. The van der Waals surface area contributed by atoms with E-state index in [1.165, 1.54) is 11.8 Å². The Hall–Kier alpha value is -1.76. The first-order chi connectivity index (χ1) is 10.3. The second-order valence-corrected chi connectivity index (χ2v) is 5.29. The highest BCUT2D eigenvalue weighted by Gasteiger charge is 2.32. The summed E-state index contributed by atoms with van der Waals surface area (Å²) < 4.78 is 42.3. The molecule has 4 nitrogen and oxygen atoms in total. The number of alkyl halides is 3. The maximum absolute atomic E-state index is 12.5. The van der Waals surface area contributed by atoms with Gasteiger partial charge >= 0.3 is 12.1 Å². The number of ether oxygens (including phenoxy) is 1. The Bertz CT molecular complexity index is 532. The van der Waals surface area contributed by atoms with E-state index in [9.17, 15) is 18.0 Å². The molecule has 0 fully saturated rings. The molecule has 2 rings (SSSR count). The van der Waals surface area contributed by atoms with E-state index in [1.807, 2.05) is 18.2 Å². The Morgan fingerprint density at radius 3 is 2.86 bits per heavy atom. The molecule has 0 radical (unpaired) electrons. The van der Waals surface area contributed by atoms with Crippen molar-refractivity contribution >= 4 is 11.7 Å². The summed E-state index contributed by atoms with van der Waals surface area (Å²) in [6.45, 7) is 1.89. The van der Waals surface area contributed by atoms with Gasteiger partial charge in [0.2, 0.25) is 0 Å². The van der Waals surface area contributed by atoms with Crippen LogP contribution in [0.3, 0.4) is 0 Å². The van der Waals surface area contributed by atoms with Crippen LogP contribution >= 0.6 is 0 Å². The fourth-order valence-electron chi connectivity index (χ4n) is 2.60. The van der Waals surface area contributed by atoms with Gasteiger partial charge < -0.3 is 10.1 Å². The van der Waals surface area contributed by atoms with E-state index in [2.05, 4.69) is 5.32 Å². The maximum Gasteiger partial charge on any atom is 0.401 e. The average Bonchev–Trinajstić information content (AvgIpc) is 2.41. The number of carbonyl (C=O) groups is 1. The van der Waals surface area contributed by atoms with Crippen molar-refractivity contribution in [2.75, 3.05) is 31.6 Å². The summed E-state index contributed by atoms with van der Waals surface area (Å²) in [5.74, 6) is -0.334. The molecule has 0 bridgehead atoms. The first kappa shape index (κ1) is 16.6. The van der Waals surface area contributed by atoms with Crippen molar-refractivity contribution in [3.05, 3.63) is 29.3 Å². The lowest BCUT2D eigenvalue weighted by atomic mass is 9.97. The van der Waals surface area contributed by atoms with Gasteiger partial charge in [0.25, 0.3) is 0 Å². The van der Waals surface area contributed by atoms with Crippen LogP contribution in [0.5, 0.6) is 0 Å². The molecule has 0 atom stereocenters. The Labute approximate surface area is 127 Å². The second kappa shape index (κ2) is 7.00. The van der Waals surface area contributed by atoms with Crippen molar-refractivity contribution in [3.8, 4) is 0 Å². The fraction of sp³-hybridized carbons (Fsp3) is 0.533. The summed E-state index contributed by atoms with van der Waals surface area (Å²) in [5.41, 5.74) is 2.85. The molecule has 1 N–H and O–H groups in total. The van der Waals surface area contributed by atoms with Crippen molar-refractivity contribution in [1.29, 1.82) is 0 Å². The molecule has 0 unspecified atom stereocenters. The first-order valence-corrected chi connectivity index (χ1v) is 7.12. The number of benzene rings is 1. The van der Waals surface area contributed by atoms with Gasteiger partial charge in [-0.1, -0.05) is 12.1 Å². The van der Waals surface area contributed by atoms with E-state index in [4.69, 9.17) is 4.74 Å². The van der Waals surface area contributed by atoms with Crippen LogP contribution in [0, 0.1) is 0 Å². The van der Waals surface area contributed by atoms with E-state index in [0.717, 1.165) is 16.8 Å². The highest BCUT2D eigenvalue weighted by molar-refractivity contribution is 5.66. The zero-order chi connectivity index (χ0) is 16.2. The van der Waals surface area contributed by atoms with Gasteiger partial charge in [0.15, 0.2) is 0 Å². The Morgan fingerprint density at radius 2 is 2.18 bits per heavy atom. The second-order valence-electron chi connectivity index (χ2n) is 5.29. The highest BCUT2D eigenvalue weighted by Crippen LogP contribution is 2.28. The number of nitrogens with one attached hydrogen (secondary N) is 1. The molecule has 0 spiro atoms. The van der Waals surface area contributed by atoms with Crippen molar-refractivity contribution < 1.29 is 22.7 Å². The monoisotopic (exact) mass is 316 g/mol. The van der Waals surface area contributed by atoms with Gasteiger partial charge in [-0.2, -0.15) is 13.2 Å². The van der Waals surface area contributed by atoms with Gasteiger partial charge in [-0.3, -0.25) is 9.69 Å². The van der Waals surface area contributed by atoms with Crippen LogP contribution in [0.2, 0.25) is 0 Å². The molecule has 0 saturated heterocycles. The number of hydrogen-bond acceptors (Lipinski definition) is 4. The van der Waals surface area contributed by atoms with Gasteiger partial charge in [-0.25, -0.2) is 0 Å². The lowest BCUT2D eigenvalue weighted by Crippen LogP contribution is -2.38. The van der Waals surface area contributed by atoms with E-state index >= 15 is 0 Å². The molecule has 0 amide bonds. The van der Waals surface area contributed by atoms with Crippen LogP contribution in [-0.4, -0.2) is 43.3 Å². The van der Waals surface area contributed by atoms with Crippen LogP contribution in [-0.2, 0) is 22.5 Å². The number of halogens is 3. The lowest BCUT2D eigenvalue weighted by Gasteiger charge is -2.30. The summed E-state index contributed by atoms with van der Waals surface area (Å²) in [6, 6.07) is 5.57. The summed E-state index contributed by atoms with van der Waals surface area (Å²) in [6.07, 6.45) is -3.60. The minimum absolute atomic E-state index is 0.263. The smallest absolute Gasteiger partial charge is 0.401 e. The molecular weight excluding hydrogens is 297 g/mol. The summed E-state index contributed by atoms with van der Waals surface area (Å²) in [5, 5.41) is 3.17. The van der Waals surface area contributed by atoms with Gasteiger partial charge in [-0.05, 0) is 23.6 Å². The molecule has 7 heteroatoms. The van der Waals surface area contributed by atoms with Crippen LogP contribution in [0.4, 0.5) is 18.9 Å². The van der Waals surface area contributed by atoms with Gasteiger partial charge in [0, 0.05) is 32.2 Å². The topological polar surface area (TPSA) is 41.6 Å². The Kier molecular flexibility index (Phi) is 5.28. The molecule has 0 aliphatic carbocycles. The molecule has 22 heavy (non-hydrogen) atoms. The number of rotatable bonds is 5. The van der Waals surface area contributed by atoms with Crippen LogP contribution in [0.15, 0.2) is 18.2 Å². The number of carbonyl (C=O) groups excluding carboxylic acids is 1. The largest absolute Gasteiger partial charge is 0.464 e. The normalized spacial score (nSPS) is 15.3. The summed E-state index contributed by atoms with van der Waals surface area (Å²) in [7, 11) is 0. The number of nitrogens with zero attached hydrogens (tertiary/aromatic N) is 1. The quantitative estimate of drug-likeness (QED) is 0.670. The van der Waals surface area contributed by atoms with Crippen LogP contribution in [0.25, 0.3) is 0 Å². The molecule has 1 aliphatic heterocycles. The van der Waals surface area contributed by atoms with Gasteiger partial charge in [0.1, 0.15) is 6.61 Å². The molecular formula is C15H19F3N2O2. The molecule has 122 valence electrons. The van der Waals surface area contributed by atoms with Crippen LogP contribution < -0.4 is 5.32 Å². The van der Waals surface area contributed by atoms with E-state index in [1.54, 1.807) is 0 Å². The molecule has 0 aromatic heterocycles. The molecule has 1 heterocycles. The zero-order valence-electron chi connectivity index (χ0n) is 12.4. The van der Waals surface area contributed by atoms with Crippen molar-refractivity contribution in [3.63, 3.8) is 0 Å². The van der Waals surface area contributed by atoms with Crippen molar-refractivity contribution in [2.24, 2.45) is 0 Å². The van der Waals surface area contributed by atoms with E-state index in [-0.39, 0.29) is 12.6 Å². The molecule has 0 saturated carbocycles. The van der Waals surface area contributed by atoms with Crippen molar-refractivity contribution in [1.82, 2.24) is 4.90 Å². The zero-order valence-corrected chi connectivity index (χ0v) is 12.4. The molecule has 1 aromatic rings. The molecule has 1 aliphatic rings. The summed E-state index contributed by atoms with van der Waals surface area (Å²) >= 11 is 0. The predicted octanol–water partition coefficient (Wildman–Crippen LogP) is 2.58. The van der Waals surface area contributed by atoms with Crippen LogP contribution in [0.1, 0.15) is 18.1 Å². The highest BCUT2D eigenvalue weighted by atomic mass is 19.4. The number of anilines is 1. The van der Waals surface area contributed by atoms with E-state index in [0.29, 0.717) is 26.1 Å². The Morgan fingerprint density at radius 1 is 1.41 bits per heavy atom. The van der Waals surface area contributed by atoms with E-state index < -0.39 is 12.7 Å². The maximum atomic E-state index is 12.5. The third-order valence-electron chi connectivity index (χ3n) is 3.47. The van der Waals surface area contributed by atoms with Gasteiger partial charge in [0.05, 0.1) is 6.54 Å². The third-order valence-corrected chi connectivity index (χ3v) is 3.47. The average molecular weight is 316 g/mol. The number of esters is 1. The predicted molar refractivity (Wildman–Crippen MR) is 76.6 cm³/mol. The number of hydrogen-bond donors (Lipinski definition) is 1. The standard InChI is InChI=1S/C15H19F3N2O2/c1-11(21)22-8-6-19-14-4-2-3-12-9-20(7-5-13(12)14)10-15(16,17)18/h2-4,19H,5-10H2,1H3. The lowest BCUT2D eigenvalue weighted by molar-refractivity contribution is -0.147. The van der Waals surface area contributed by atoms with Crippen molar-refractivity contribution in [2.45, 2.75) is 26.1 Å². The summed E-state index contributed by atoms with van der Waals surface area (Å²) in [4.78, 5) is 12.1. The number of fused-ring (bicyclic) bond motifs is 1. The fourth-order valence-corrected chi connectivity index (χ4v) is 2.60. The minimum Gasteiger partial charge on any atom is -0.464 e. The first-order valence-electron chi connectivity index (χ1n) is 7.12. The van der Waals surface area contributed by atoms with Gasteiger partial charge in [-0.15, -0.1) is 0 Å². The third kappa shape index (κ3) is 4.91.